The van der Waals surface area contributed by atoms with Crippen LogP contribution in [0.3, 0.4) is 0 Å². The lowest BCUT2D eigenvalue weighted by molar-refractivity contribution is 0.449. The Morgan fingerprint density at radius 1 is 1.67 bits per heavy atom. The molecule has 0 saturated carbocycles. The zero-order valence-electron chi connectivity index (χ0n) is 4.93. The first-order chi connectivity index (χ1) is 4.20. The number of hydrogen-bond donors (Lipinski definition) is 1. The van der Waals surface area contributed by atoms with Crippen LogP contribution in [0.25, 0.3) is 0 Å². The van der Waals surface area contributed by atoms with Gasteiger partial charge in [0.15, 0.2) is 0 Å². The van der Waals surface area contributed by atoms with E-state index in [1.165, 1.54) is 6.20 Å². The molecule has 1 rings (SSSR count). The van der Waals surface area contributed by atoms with Crippen LogP contribution in [0.5, 0.6) is 5.88 Å². The third-order valence-corrected chi connectivity index (χ3v) is 1.22. The van der Waals surface area contributed by atoms with Crippen molar-refractivity contribution in [2.24, 2.45) is 0 Å². The fourth-order valence-electron chi connectivity index (χ4n) is 0.533. The maximum Gasteiger partial charge on any atom is 0.213 e. The summed E-state index contributed by atoms with van der Waals surface area (Å²) in [7, 11) is 0. The molecule has 0 saturated heterocycles. The van der Waals surface area contributed by atoms with Crippen LogP contribution < -0.4 is 0 Å². The molecule has 48 valence electrons. The molecule has 1 heterocycles. The molecule has 3 heteroatoms. The van der Waals surface area contributed by atoms with Gasteiger partial charge in [0.25, 0.3) is 0 Å². The summed E-state index contributed by atoms with van der Waals surface area (Å²) in [5, 5.41) is 9.42. The number of pyridine rings is 1. The number of aromatic hydroxyl groups is 1. The summed E-state index contributed by atoms with van der Waals surface area (Å²) in [5.74, 6) is 0.0411. The largest absolute Gasteiger partial charge is 0.493 e. The van der Waals surface area contributed by atoms with E-state index in [9.17, 15) is 0 Å². The van der Waals surface area contributed by atoms with Gasteiger partial charge in [0.2, 0.25) is 5.88 Å². The van der Waals surface area contributed by atoms with Crippen LogP contribution in [0.4, 0.5) is 0 Å². The zero-order chi connectivity index (χ0) is 6.85. The number of aryl methyl sites for hydroxylation is 1. The van der Waals surface area contributed by atoms with E-state index in [0.717, 1.165) is 0 Å². The van der Waals surface area contributed by atoms with Gasteiger partial charge in [0, 0.05) is 11.8 Å². The zero-order valence-corrected chi connectivity index (χ0v) is 5.68. The third kappa shape index (κ3) is 1.33. The van der Waals surface area contributed by atoms with Crippen LogP contribution in [-0.2, 0) is 0 Å². The van der Waals surface area contributed by atoms with Gasteiger partial charge in [-0.1, -0.05) is 11.6 Å². The normalized spacial score (nSPS) is 9.56. The number of nitrogens with zero attached hydrogens (tertiary/aromatic N) is 1. The molecule has 0 spiro atoms. The molecular weight excluding hydrogens is 138 g/mol. The third-order valence-electron chi connectivity index (χ3n) is 1.02. The van der Waals surface area contributed by atoms with E-state index in [-0.39, 0.29) is 5.88 Å². The van der Waals surface area contributed by atoms with Gasteiger partial charge in [0.05, 0.1) is 5.02 Å². The van der Waals surface area contributed by atoms with Gasteiger partial charge in [-0.3, -0.25) is 0 Å². The van der Waals surface area contributed by atoms with Crippen LogP contribution in [0.1, 0.15) is 5.56 Å². The second kappa shape index (κ2) is 2.23. The topological polar surface area (TPSA) is 33.1 Å². The van der Waals surface area contributed by atoms with Crippen molar-refractivity contribution >= 4 is 11.6 Å². The molecule has 0 atom stereocenters. The molecule has 0 aromatic carbocycles. The molecular formula is C6H6ClNO. The maximum atomic E-state index is 8.87. The second-order valence-corrected chi connectivity index (χ2v) is 2.23. The van der Waals surface area contributed by atoms with Gasteiger partial charge < -0.3 is 5.11 Å². The Bertz CT molecular complexity index is 224. The molecule has 0 aliphatic carbocycles. The van der Waals surface area contributed by atoms with Gasteiger partial charge in [0.1, 0.15) is 0 Å². The average molecular weight is 144 g/mol. The second-order valence-electron chi connectivity index (χ2n) is 1.79. The van der Waals surface area contributed by atoms with Crippen molar-refractivity contribution in [1.82, 2.24) is 4.98 Å². The lowest BCUT2D eigenvalue weighted by Crippen LogP contribution is -1.77. The van der Waals surface area contributed by atoms with Crippen molar-refractivity contribution in [3.05, 3.63) is 22.8 Å². The van der Waals surface area contributed by atoms with Gasteiger partial charge in [-0.2, -0.15) is 0 Å². The number of hydrogen-bond acceptors (Lipinski definition) is 2. The predicted molar refractivity (Wildman–Crippen MR) is 35.6 cm³/mol. The first kappa shape index (κ1) is 6.36. The average Bonchev–Trinajstić information content (AvgIpc) is 1.80. The molecule has 0 amide bonds. The van der Waals surface area contributed by atoms with Crippen LogP contribution in [-0.4, -0.2) is 10.1 Å². The van der Waals surface area contributed by atoms with Crippen LogP contribution in [0.15, 0.2) is 12.3 Å². The Labute approximate surface area is 58.1 Å². The standard InChI is InChI=1S/C6H6ClNO/c1-4-2-5(7)3-8-6(4)9/h2-3H,1H3,(H,8,9). The van der Waals surface area contributed by atoms with Gasteiger partial charge in [-0.25, -0.2) is 4.98 Å². The van der Waals surface area contributed by atoms with E-state index in [1.54, 1.807) is 13.0 Å². The summed E-state index contributed by atoms with van der Waals surface area (Å²) in [6, 6.07) is 1.66. The monoisotopic (exact) mass is 143 g/mol. The van der Waals surface area contributed by atoms with Crippen molar-refractivity contribution in [3.8, 4) is 5.88 Å². The van der Waals surface area contributed by atoms with Gasteiger partial charge in [-0.15, -0.1) is 0 Å². The van der Waals surface area contributed by atoms with Crippen LogP contribution in [0.2, 0.25) is 5.02 Å². The molecule has 1 aromatic heterocycles. The Morgan fingerprint density at radius 2 is 2.33 bits per heavy atom. The Hall–Kier alpha value is -0.760. The molecule has 0 bridgehead atoms. The molecule has 1 N–H and O–H groups in total. The number of halogens is 1. The minimum absolute atomic E-state index is 0.0411. The summed E-state index contributed by atoms with van der Waals surface area (Å²) < 4.78 is 0. The first-order valence-electron chi connectivity index (χ1n) is 2.51. The summed E-state index contributed by atoms with van der Waals surface area (Å²) in [6.45, 7) is 1.74. The highest BCUT2D eigenvalue weighted by Crippen LogP contribution is 2.15. The molecule has 0 aliphatic heterocycles. The van der Waals surface area contributed by atoms with Crippen molar-refractivity contribution in [2.45, 2.75) is 6.92 Å². The summed E-state index contributed by atoms with van der Waals surface area (Å²) in [5.41, 5.74) is 0.697. The predicted octanol–water partition coefficient (Wildman–Crippen LogP) is 1.75. The summed E-state index contributed by atoms with van der Waals surface area (Å²) >= 11 is 5.54. The molecule has 0 radical (unpaired) electrons. The Morgan fingerprint density at radius 3 is 2.78 bits per heavy atom. The highest BCUT2D eigenvalue weighted by Gasteiger charge is 1.94. The molecule has 0 aliphatic rings. The minimum Gasteiger partial charge on any atom is -0.493 e. The minimum atomic E-state index is 0.0411. The van der Waals surface area contributed by atoms with E-state index in [2.05, 4.69) is 4.98 Å². The van der Waals surface area contributed by atoms with Gasteiger partial charge >= 0.3 is 0 Å². The van der Waals surface area contributed by atoms with E-state index < -0.39 is 0 Å². The Balaban J connectivity index is 3.17. The molecule has 0 fully saturated rings. The molecule has 1 aromatic rings. The Kier molecular flexibility index (Phi) is 1.58. The van der Waals surface area contributed by atoms with Crippen molar-refractivity contribution in [3.63, 3.8) is 0 Å². The number of rotatable bonds is 0. The van der Waals surface area contributed by atoms with Crippen molar-refractivity contribution in [1.29, 1.82) is 0 Å². The molecule has 9 heavy (non-hydrogen) atoms. The lowest BCUT2D eigenvalue weighted by Gasteiger charge is -1.94. The quantitative estimate of drug-likeness (QED) is 0.600. The van der Waals surface area contributed by atoms with Gasteiger partial charge in [-0.05, 0) is 13.0 Å². The van der Waals surface area contributed by atoms with Crippen molar-refractivity contribution < 1.29 is 5.11 Å². The SMILES string of the molecule is Cc1cc(Cl)cnc1O. The first-order valence-corrected chi connectivity index (χ1v) is 2.89. The van der Waals surface area contributed by atoms with Crippen molar-refractivity contribution in [2.75, 3.05) is 0 Å². The smallest absolute Gasteiger partial charge is 0.213 e. The highest BCUT2D eigenvalue weighted by molar-refractivity contribution is 6.30. The maximum absolute atomic E-state index is 8.87. The lowest BCUT2D eigenvalue weighted by atomic mass is 10.3. The van der Waals surface area contributed by atoms with Crippen LogP contribution >= 0.6 is 11.6 Å². The molecule has 0 unspecified atom stereocenters. The molecule has 2 nitrogen and oxygen atoms in total. The number of aromatic nitrogens is 1. The van der Waals surface area contributed by atoms with E-state index in [1.807, 2.05) is 0 Å². The van der Waals surface area contributed by atoms with E-state index in [4.69, 9.17) is 16.7 Å². The summed E-state index contributed by atoms with van der Waals surface area (Å²) in [4.78, 5) is 3.60. The van der Waals surface area contributed by atoms with E-state index >= 15 is 0 Å². The van der Waals surface area contributed by atoms with Crippen LogP contribution in [0, 0.1) is 6.92 Å². The fraction of sp³-hybridized carbons (Fsp3) is 0.167. The summed E-state index contributed by atoms with van der Waals surface area (Å²) in [6.07, 6.45) is 1.41. The fourth-order valence-corrected chi connectivity index (χ4v) is 0.746. The highest BCUT2D eigenvalue weighted by atomic mass is 35.5. The van der Waals surface area contributed by atoms with E-state index in [0.29, 0.717) is 10.6 Å².